The smallest absolute Gasteiger partial charge is 0.338 e. The van der Waals surface area contributed by atoms with E-state index < -0.39 is 6.04 Å². The number of carbonyl (C=O) groups is 1. The van der Waals surface area contributed by atoms with E-state index in [1.165, 1.54) is 0 Å². The minimum atomic E-state index is -0.416. The molecule has 1 atom stereocenters. The molecule has 0 amide bonds. The minimum absolute atomic E-state index is 0.299. The fourth-order valence-electron chi connectivity index (χ4n) is 3.04. The highest BCUT2D eigenvalue weighted by Gasteiger charge is 2.35. The molecule has 0 fully saturated rings. The van der Waals surface area contributed by atoms with E-state index >= 15 is 0 Å². The van der Waals surface area contributed by atoms with Gasteiger partial charge in [-0.1, -0.05) is 41.9 Å². The lowest BCUT2D eigenvalue weighted by Gasteiger charge is -2.37. The third-order valence-electron chi connectivity index (χ3n) is 4.18. The quantitative estimate of drug-likeness (QED) is 0.613. The summed E-state index contributed by atoms with van der Waals surface area (Å²) in [5, 5.41) is 4.39. The van der Waals surface area contributed by atoms with Gasteiger partial charge in [-0.05, 0) is 55.9 Å². The van der Waals surface area contributed by atoms with Gasteiger partial charge in [-0.15, -0.1) is 0 Å². The Bertz CT molecular complexity index is 867. The molecule has 1 heterocycles. The zero-order chi connectivity index (χ0) is 18.7. The summed E-state index contributed by atoms with van der Waals surface area (Å²) >= 11 is 11.7. The molecule has 2 aromatic carbocycles. The second-order valence-corrected chi connectivity index (χ2v) is 6.65. The molecule has 1 N–H and O–H groups in total. The van der Waals surface area contributed by atoms with Gasteiger partial charge in [0.25, 0.3) is 0 Å². The number of ether oxygens (including phenoxy) is 1. The molecule has 1 aliphatic heterocycles. The normalized spacial score (nSPS) is 17.1. The van der Waals surface area contributed by atoms with Gasteiger partial charge in [0.05, 0.1) is 18.2 Å². The van der Waals surface area contributed by atoms with Gasteiger partial charge in [-0.25, -0.2) is 4.79 Å². The first-order valence-corrected chi connectivity index (χ1v) is 9.10. The zero-order valence-electron chi connectivity index (χ0n) is 14.5. The molecule has 0 spiro atoms. The number of para-hydroxylation sites is 1. The first-order valence-electron chi connectivity index (χ1n) is 8.32. The second kappa shape index (κ2) is 7.89. The van der Waals surface area contributed by atoms with Gasteiger partial charge >= 0.3 is 5.97 Å². The maximum Gasteiger partial charge on any atom is 0.338 e. The number of benzene rings is 2. The lowest BCUT2D eigenvalue weighted by Crippen LogP contribution is -2.48. The number of esters is 1. The fraction of sp³-hybridized carbons (Fsp3) is 0.200. The van der Waals surface area contributed by atoms with Crippen molar-refractivity contribution in [2.45, 2.75) is 19.9 Å². The van der Waals surface area contributed by atoms with Gasteiger partial charge in [0.2, 0.25) is 0 Å². The molecule has 3 rings (SSSR count). The SMILES string of the molecule is CCOC(=O)C1=C(C)N(c2ccccc2)C(=S)N[C@@H]1c1cccc(Cl)c1. The summed E-state index contributed by atoms with van der Waals surface area (Å²) in [6.07, 6.45) is 0. The van der Waals surface area contributed by atoms with Crippen LogP contribution in [0.3, 0.4) is 0 Å². The lowest BCUT2D eigenvalue weighted by molar-refractivity contribution is -0.139. The van der Waals surface area contributed by atoms with Crippen LogP contribution in [0, 0.1) is 0 Å². The van der Waals surface area contributed by atoms with Crippen molar-refractivity contribution in [2.75, 3.05) is 11.5 Å². The largest absolute Gasteiger partial charge is 0.463 e. The summed E-state index contributed by atoms with van der Waals surface area (Å²) < 4.78 is 5.31. The maximum atomic E-state index is 12.7. The molecule has 2 aromatic rings. The van der Waals surface area contributed by atoms with Crippen LogP contribution in [0.1, 0.15) is 25.5 Å². The van der Waals surface area contributed by atoms with Crippen LogP contribution in [0.5, 0.6) is 0 Å². The Morgan fingerprint density at radius 3 is 2.62 bits per heavy atom. The van der Waals surface area contributed by atoms with E-state index in [0.717, 1.165) is 16.9 Å². The molecule has 0 saturated heterocycles. The Morgan fingerprint density at radius 1 is 1.23 bits per heavy atom. The molecule has 0 unspecified atom stereocenters. The first kappa shape index (κ1) is 18.4. The summed E-state index contributed by atoms with van der Waals surface area (Å²) in [6.45, 7) is 3.97. The van der Waals surface area contributed by atoms with Crippen molar-refractivity contribution >= 4 is 40.6 Å². The highest BCUT2D eigenvalue weighted by Crippen LogP contribution is 2.34. The van der Waals surface area contributed by atoms with E-state index in [9.17, 15) is 4.79 Å². The minimum Gasteiger partial charge on any atom is -0.463 e. The van der Waals surface area contributed by atoms with Crippen molar-refractivity contribution in [3.8, 4) is 0 Å². The van der Waals surface area contributed by atoms with Crippen molar-refractivity contribution in [3.63, 3.8) is 0 Å². The van der Waals surface area contributed by atoms with Crippen LogP contribution >= 0.6 is 23.8 Å². The summed E-state index contributed by atoms with van der Waals surface area (Å²) in [7, 11) is 0. The van der Waals surface area contributed by atoms with Crippen LogP contribution in [0.4, 0.5) is 5.69 Å². The van der Waals surface area contributed by atoms with Gasteiger partial charge in [-0.3, -0.25) is 4.90 Å². The average Bonchev–Trinajstić information content (AvgIpc) is 2.62. The lowest BCUT2D eigenvalue weighted by atomic mass is 9.95. The van der Waals surface area contributed by atoms with Crippen molar-refractivity contribution < 1.29 is 9.53 Å². The molecule has 4 nitrogen and oxygen atoms in total. The van der Waals surface area contributed by atoms with Crippen molar-refractivity contribution in [1.29, 1.82) is 0 Å². The van der Waals surface area contributed by atoms with E-state index in [-0.39, 0.29) is 5.97 Å². The Kier molecular flexibility index (Phi) is 5.59. The maximum absolute atomic E-state index is 12.7. The highest BCUT2D eigenvalue weighted by molar-refractivity contribution is 7.80. The summed E-state index contributed by atoms with van der Waals surface area (Å²) in [5.74, 6) is -0.370. The monoisotopic (exact) mass is 386 g/mol. The zero-order valence-corrected chi connectivity index (χ0v) is 16.1. The number of carbonyl (C=O) groups excluding carboxylic acids is 1. The molecule has 26 heavy (non-hydrogen) atoms. The van der Waals surface area contributed by atoms with E-state index in [1.807, 2.05) is 60.4 Å². The molecule has 1 aliphatic rings. The van der Waals surface area contributed by atoms with Crippen LogP contribution in [0.25, 0.3) is 0 Å². The highest BCUT2D eigenvalue weighted by atomic mass is 35.5. The van der Waals surface area contributed by atoms with Crippen molar-refractivity contribution in [3.05, 3.63) is 76.5 Å². The second-order valence-electron chi connectivity index (χ2n) is 5.83. The van der Waals surface area contributed by atoms with Crippen LogP contribution in [-0.4, -0.2) is 17.7 Å². The molecule has 0 bridgehead atoms. The number of halogens is 1. The number of nitrogens with zero attached hydrogens (tertiary/aromatic N) is 1. The molecule has 0 aromatic heterocycles. The third-order valence-corrected chi connectivity index (χ3v) is 4.71. The number of rotatable bonds is 4. The number of hydrogen-bond donors (Lipinski definition) is 1. The topological polar surface area (TPSA) is 41.6 Å². The summed E-state index contributed by atoms with van der Waals surface area (Å²) in [4.78, 5) is 14.6. The number of hydrogen-bond acceptors (Lipinski definition) is 3. The van der Waals surface area contributed by atoms with Gasteiger partial charge in [0.1, 0.15) is 0 Å². The predicted octanol–water partition coefficient (Wildman–Crippen LogP) is 4.61. The van der Waals surface area contributed by atoms with Crippen molar-refractivity contribution in [1.82, 2.24) is 5.32 Å². The Balaban J connectivity index is 2.13. The number of anilines is 1. The first-order chi connectivity index (χ1) is 12.5. The Labute approximate surface area is 163 Å². The fourth-order valence-corrected chi connectivity index (χ4v) is 3.60. The van der Waals surface area contributed by atoms with Gasteiger partial charge in [0.15, 0.2) is 5.11 Å². The predicted molar refractivity (Wildman–Crippen MR) is 108 cm³/mol. The standard InChI is InChI=1S/C20H19ClN2O2S/c1-3-25-19(24)17-13(2)23(16-10-5-4-6-11-16)20(26)22-18(17)14-8-7-9-15(21)12-14/h4-12,18H,3H2,1-2H3,(H,22,26)/t18-/m1/s1. The average molecular weight is 387 g/mol. The van der Waals surface area contributed by atoms with Crippen LogP contribution in [0.2, 0.25) is 5.02 Å². The molecular formula is C20H19ClN2O2S. The Morgan fingerprint density at radius 2 is 1.96 bits per heavy atom. The molecular weight excluding hydrogens is 368 g/mol. The number of thiocarbonyl (C=S) groups is 1. The molecule has 0 saturated carbocycles. The van der Waals surface area contributed by atoms with Crippen LogP contribution in [-0.2, 0) is 9.53 Å². The van der Waals surface area contributed by atoms with E-state index in [1.54, 1.807) is 13.0 Å². The Hall–Kier alpha value is -2.37. The van der Waals surface area contributed by atoms with Crippen LogP contribution < -0.4 is 10.2 Å². The number of allylic oxidation sites excluding steroid dienone is 1. The van der Waals surface area contributed by atoms with E-state index in [2.05, 4.69) is 5.32 Å². The summed E-state index contributed by atoms with van der Waals surface area (Å²) in [5.41, 5.74) is 3.00. The molecule has 134 valence electrons. The van der Waals surface area contributed by atoms with Gasteiger partial charge in [-0.2, -0.15) is 0 Å². The van der Waals surface area contributed by atoms with Gasteiger partial charge in [0, 0.05) is 16.4 Å². The molecule has 6 heteroatoms. The van der Waals surface area contributed by atoms with E-state index in [4.69, 9.17) is 28.6 Å². The number of nitrogens with one attached hydrogen (secondary N) is 1. The summed E-state index contributed by atoms with van der Waals surface area (Å²) in [6, 6.07) is 16.7. The third kappa shape index (κ3) is 3.59. The molecule has 0 aliphatic carbocycles. The van der Waals surface area contributed by atoms with Gasteiger partial charge < -0.3 is 10.1 Å². The van der Waals surface area contributed by atoms with E-state index in [0.29, 0.717) is 22.3 Å². The van der Waals surface area contributed by atoms with Crippen LogP contribution in [0.15, 0.2) is 65.9 Å². The van der Waals surface area contributed by atoms with Crippen molar-refractivity contribution in [2.24, 2.45) is 0 Å². The molecule has 0 radical (unpaired) electrons.